The lowest BCUT2D eigenvalue weighted by atomic mass is 9.96. The van der Waals surface area contributed by atoms with E-state index < -0.39 is 0 Å². The predicted octanol–water partition coefficient (Wildman–Crippen LogP) is 6.92. The molecule has 1 heterocycles. The summed E-state index contributed by atoms with van der Waals surface area (Å²) in [6.07, 6.45) is 3.14. The zero-order valence-corrected chi connectivity index (χ0v) is 21.1. The molecule has 0 aliphatic heterocycles. The number of furan rings is 1. The van der Waals surface area contributed by atoms with Gasteiger partial charge in [-0.2, -0.15) is 0 Å². The molecule has 1 amide bonds. The molecular weight excluding hydrogens is 461 g/mol. The molecule has 0 spiro atoms. The number of halogens is 1. The Labute approximate surface area is 209 Å². The highest BCUT2D eigenvalue weighted by Gasteiger charge is 2.21. The largest absolute Gasteiger partial charge is 0.497 e. The maximum Gasteiger partial charge on any atom is 0.248 e. The molecule has 36 heavy (non-hydrogen) atoms. The summed E-state index contributed by atoms with van der Waals surface area (Å²) in [5.41, 5.74) is 5.40. The van der Waals surface area contributed by atoms with Crippen molar-refractivity contribution in [2.45, 2.75) is 20.8 Å². The molecule has 7 heteroatoms. The lowest BCUT2D eigenvalue weighted by Crippen LogP contribution is -2.09. The Hall–Kier alpha value is -4.26. The first kappa shape index (κ1) is 24.9. The second-order valence-corrected chi connectivity index (χ2v) is 8.46. The van der Waals surface area contributed by atoms with Gasteiger partial charge in [-0.05, 0) is 68.3 Å². The number of aryl methyl sites for hydroxylation is 2. The second-order valence-electron chi connectivity index (χ2n) is 8.46. The maximum absolute atomic E-state index is 13.9. The zero-order valence-electron chi connectivity index (χ0n) is 21.1. The van der Waals surface area contributed by atoms with Crippen LogP contribution in [-0.2, 0) is 4.79 Å². The van der Waals surface area contributed by atoms with Crippen molar-refractivity contribution in [3.05, 3.63) is 77.3 Å². The van der Waals surface area contributed by atoms with Crippen LogP contribution in [0.1, 0.15) is 23.6 Å². The Kier molecular flexibility index (Phi) is 7.01. The highest BCUT2D eigenvalue weighted by molar-refractivity contribution is 6.06. The summed E-state index contributed by atoms with van der Waals surface area (Å²) in [4.78, 5) is 12.7. The number of carbonyl (C=O) groups excluding carboxylic acids is 1. The molecule has 186 valence electrons. The van der Waals surface area contributed by atoms with Gasteiger partial charge in [0, 0.05) is 39.4 Å². The van der Waals surface area contributed by atoms with E-state index in [1.807, 2.05) is 38.1 Å². The number of nitrogens with one attached hydrogen (secondary N) is 1. The minimum Gasteiger partial charge on any atom is -0.497 e. The first-order valence-electron chi connectivity index (χ1n) is 11.3. The van der Waals surface area contributed by atoms with Crippen LogP contribution in [-0.4, -0.2) is 27.2 Å². The monoisotopic (exact) mass is 489 g/mol. The fraction of sp³-hybridized carbons (Fsp3) is 0.207. The molecule has 0 aliphatic rings. The van der Waals surface area contributed by atoms with Gasteiger partial charge in [-0.1, -0.05) is 6.07 Å². The number of fused-ring (bicyclic) bond motifs is 1. The number of benzene rings is 3. The fourth-order valence-corrected chi connectivity index (χ4v) is 4.23. The van der Waals surface area contributed by atoms with E-state index in [9.17, 15) is 9.18 Å². The number of hydrogen-bond donors (Lipinski definition) is 1. The quantitative estimate of drug-likeness (QED) is 0.285. The van der Waals surface area contributed by atoms with Crippen LogP contribution in [0.5, 0.6) is 17.2 Å². The molecule has 0 saturated carbocycles. The van der Waals surface area contributed by atoms with Crippen molar-refractivity contribution < 1.29 is 27.8 Å². The molecular formula is C29H28FNO5. The summed E-state index contributed by atoms with van der Waals surface area (Å²) in [6, 6.07) is 12.1. The van der Waals surface area contributed by atoms with Gasteiger partial charge in [-0.15, -0.1) is 0 Å². The van der Waals surface area contributed by atoms with E-state index in [4.69, 9.17) is 18.6 Å². The van der Waals surface area contributed by atoms with E-state index in [-0.39, 0.29) is 11.7 Å². The molecule has 6 nitrogen and oxygen atoms in total. The molecule has 1 N–H and O–H groups in total. The van der Waals surface area contributed by atoms with Crippen molar-refractivity contribution in [2.24, 2.45) is 0 Å². The van der Waals surface area contributed by atoms with Gasteiger partial charge < -0.3 is 23.9 Å². The van der Waals surface area contributed by atoms with E-state index in [1.54, 1.807) is 46.6 Å². The van der Waals surface area contributed by atoms with Crippen LogP contribution in [0.4, 0.5) is 10.1 Å². The molecule has 0 saturated heterocycles. The third-order valence-electron chi connectivity index (χ3n) is 6.16. The molecule has 4 rings (SSSR count). The molecule has 0 aliphatic carbocycles. The van der Waals surface area contributed by atoms with E-state index in [0.29, 0.717) is 39.7 Å². The SMILES string of the molecule is COc1ccc(OC)c(-c2coc3c(C)c(OC)c(/C(C)=C/C(=O)Nc4ccc(C)c(F)c4)cc23)c1. The Morgan fingerprint density at radius 1 is 0.972 bits per heavy atom. The number of carbonyl (C=O) groups is 1. The van der Waals surface area contributed by atoms with Gasteiger partial charge in [-0.3, -0.25) is 4.79 Å². The van der Waals surface area contributed by atoms with E-state index in [2.05, 4.69) is 5.32 Å². The van der Waals surface area contributed by atoms with Gasteiger partial charge in [0.05, 0.1) is 27.6 Å². The van der Waals surface area contributed by atoms with E-state index in [0.717, 1.165) is 27.6 Å². The Balaban J connectivity index is 1.80. The van der Waals surface area contributed by atoms with Crippen LogP contribution in [0.15, 0.2) is 59.2 Å². The lowest BCUT2D eigenvalue weighted by molar-refractivity contribution is -0.111. The number of methoxy groups -OCH3 is 3. The summed E-state index contributed by atoms with van der Waals surface area (Å²) < 4.78 is 36.5. The molecule has 0 radical (unpaired) electrons. The van der Waals surface area contributed by atoms with Crippen molar-refractivity contribution in [2.75, 3.05) is 26.6 Å². The van der Waals surface area contributed by atoms with Crippen molar-refractivity contribution in [1.82, 2.24) is 0 Å². The minimum absolute atomic E-state index is 0.377. The smallest absolute Gasteiger partial charge is 0.248 e. The van der Waals surface area contributed by atoms with Crippen LogP contribution in [0.3, 0.4) is 0 Å². The first-order chi connectivity index (χ1) is 17.3. The molecule has 0 fully saturated rings. The van der Waals surface area contributed by atoms with Crippen LogP contribution >= 0.6 is 0 Å². The van der Waals surface area contributed by atoms with Gasteiger partial charge in [-0.25, -0.2) is 4.39 Å². The van der Waals surface area contributed by atoms with Gasteiger partial charge in [0.15, 0.2) is 0 Å². The number of rotatable bonds is 7. The number of ether oxygens (including phenoxy) is 3. The molecule has 4 aromatic rings. The van der Waals surface area contributed by atoms with Gasteiger partial charge in [0.1, 0.15) is 28.6 Å². The highest BCUT2D eigenvalue weighted by atomic mass is 19.1. The Bertz CT molecular complexity index is 1490. The molecule has 0 bridgehead atoms. The van der Waals surface area contributed by atoms with Gasteiger partial charge >= 0.3 is 0 Å². The number of amides is 1. The van der Waals surface area contributed by atoms with Crippen LogP contribution in [0.25, 0.3) is 27.7 Å². The summed E-state index contributed by atoms with van der Waals surface area (Å²) in [6.45, 7) is 5.40. The summed E-state index contributed by atoms with van der Waals surface area (Å²) in [7, 11) is 4.80. The van der Waals surface area contributed by atoms with Gasteiger partial charge in [0.2, 0.25) is 5.91 Å². The number of allylic oxidation sites excluding steroid dienone is 1. The first-order valence-corrected chi connectivity index (χ1v) is 11.3. The minimum atomic E-state index is -0.378. The van der Waals surface area contributed by atoms with Crippen LogP contribution < -0.4 is 19.5 Å². The zero-order chi connectivity index (χ0) is 26.0. The average Bonchev–Trinajstić information content (AvgIpc) is 3.29. The summed E-state index contributed by atoms with van der Waals surface area (Å²) in [5, 5.41) is 3.55. The molecule has 0 atom stereocenters. The van der Waals surface area contributed by atoms with Crippen molar-refractivity contribution in [3.8, 4) is 28.4 Å². The lowest BCUT2D eigenvalue weighted by Gasteiger charge is -2.14. The van der Waals surface area contributed by atoms with Crippen molar-refractivity contribution in [1.29, 1.82) is 0 Å². The summed E-state index contributed by atoms with van der Waals surface area (Å²) in [5.74, 6) is 1.20. The van der Waals surface area contributed by atoms with E-state index in [1.165, 1.54) is 12.1 Å². The molecule has 0 unspecified atom stereocenters. The summed E-state index contributed by atoms with van der Waals surface area (Å²) >= 11 is 0. The standard InChI is InChI=1S/C29H28FNO5/c1-16-7-8-19(12-25(16)30)31-27(32)11-17(2)21-14-23-24(15-36-29(23)18(3)28(21)35-6)22-13-20(33-4)9-10-26(22)34-5/h7-15H,1-6H3,(H,31,32)/b17-11+. The maximum atomic E-state index is 13.9. The fourth-order valence-electron chi connectivity index (χ4n) is 4.23. The van der Waals surface area contributed by atoms with Crippen LogP contribution in [0, 0.1) is 19.7 Å². The Morgan fingerprint density at radius 3 is 2.42 bits per heavy atom. The molecule has 1 aromatic heterocycles. The molecule has 3 aromatic carbocycles. The van der Waals surface area contributed by atoms with Crippen LogP contribution in [0.2, 0.25) is 0 Å². The number of hydrogen-bond acceptors (Lipinski definition) is 5. The van der Waals surface area contributed by atoms with Gasteiger partial charge in [0.25, 0.3) is 0 Å². The Morgan fingerprint density at radius 2 is 1.75 bits per heavy atom. The topological polar surface area (TPSA) is 69.9 Å². The van der Waals surface area contributed by atoms with Crippen molar-refractivity contribution in [3.63, 3.8) is 0 Å². The highest BCUT2D eigenvalue weighted by Crippen LogP contribution is 2.43. The predicted molar refractivity (Wildman–Crippen MR) is 139 cm³/mol. The third-order valence-corrected chi connectivity index (χ3v) is 6.16. The normalized spacial score (nSPS) is 11.5. The number of anilines is 1. The average molecular weight is 490 g/mol. The van der Waals surface area contributed by atoms with E-state index >= 15 is 0 Å². The third kappa shape index (κ3) is 4.64. The second kappa shape index (κ2) is 10.2. The van der Waals surface area contributed by atoms with Crippen molar-refractivity contribution >= 4 is 28.1 Å².